The highest BCUT2D eigenvalue weighted by Crippen LogP contribution is 2.31. The Morgan fingerprint density at radius 3 is 2.22 bits per heavy atom. The van der Waals surface area contributed by atoms with Crippen molar-refractivity contribution in [3.05, 3.63) is 59.6 Å². The first-order valence-corrected chi connectivity index (χ1v) is 5.79. The second-order valence-electron chi connectivity index (χ2n) is 3.80. The molecule has 0 amide bonds. The SMILES string of the molecule is [2H]c1c(CCl)cccc1-c1ccc(C(F)(F)F)cc1. The van der Waals surface area contributed by atoms with Gasteiger partial charge in [0.1, 0.15) is 0 Å². The van der Waals surface area contributed by atoms with E-state index >= 15 is 0 Å². The Morgan fingerprint density at radius 1 is 1.00 bits per heavy atom. The quantitative estimate of drug-likeness (QED) is 0.666. The van der Waals surface area contributed by atoms with Crippen LogP contribution in [0.5, 0.6) is 0 Å². The molecule has 0 aliphatic heterocycles. The number of alkyl halides is 4. The number of benzene rings is 2. The molecule has 0 saturated carbocycles. The summed E-state index contributed by atoms with van der Waals surface area (Å²) in [7, 11) is 0. The second kappa shape index (κ2) is 5.02. The third-order valence-electron chi connectivity index (χ3n) is 2.52. The highest BCUT2D eigenvalue weighted by molar-refractivity contribution is 6.17. The van der Waals surface area contributed by atoms with Crippen molar-refractivity contribution in [2.75, 3.05) is 0 Å². The molecule has 0 heterocycles. The smallest absolute Gasteiger partial charge is 0.166 e. The van der Waals surface area contributed by atoms with Crippen LogP contribution in [0.15, 0.2) is 48.5 Å². The molecule has 0 fully saturated rings. The van der Waals surface area contributed by atoms with E-state index in [0.29, 0.717) is 16.7 Å². The van der Waals surface area contributed by atoms with Crippen LogP contribution < -0.4 is 0 Å². The van der Waals surface area contributed by atoms with Crippen molar-refractivity contribution in [1.29, 1.82) is 0 Å². The summed E-state index contributed by atoms with van der Waals surface area (Å²) in [5, 5.41) is 0. The first-order chi connectivity index (χ1) is 8.93. The molecule has 0 aliphatic carbocycles. The molecule has 0 aromatic heterocycles. The number of halogens is 4. The van der Waals surface area contributed by atoms with Crippen molar-refractivity contribution in [1.82, 2.24) is 0 Å². The summed E-state index contributed by atoms with van der Waals surface area (Å²) in [6.45, 7) is 0. The van der Waals surface area contributed by atoms with Crippen LogP contribution in [-0.2, 0) is 12.1 Å². The van der Waals surface area contributed by atoms with Crippen LogP contribution >= 0.6 is 11.6 Å². The molecule has 0 unspecified atom stereocenters. The van der Waals surface area contributed by atoms with Gasteiger partial charge in [-0.1, -0.05) is 30.3 Å². The van der Waals surface area contributed by atoms with Gasteiger partial charge in [0, 0.05) is 5.88 Å². The maximum Gasteiger partial charge on any atom is 0.416 e. The van der Waals surface area contributed by atoms with Gasteiger partial charge in [-0.25, -0.2) is 0 Å². The van der Waals surface area contributed by atoms with E-state index in [1.54, 1.807) is 18.2 Å². The molecule has 0 bridgehead atoms. The summed E-state index contributed by atoms with van der Waals surface area (Å²) in [6, 6.07) is 10.2. The van der Waals surface area contributed by atoms with Gasteiger partial charge in [0.05, 0.1) is 6.93 Å². The molecule has 0 atom stereocenters. The topological polar surface area (TPSA) is 0 Å². The van der Waals surface area contributed by atoms with E-state index < -0.39 is 11.7 Å². The van der Waals surface area contributed by atoms with Crippen LogP contribution in [0.25, 0.3) is 11.1 Å². The predicted octanol–water partition coefficient (Wildman–Crippen LogP) is 5.11. The first kappa shape index (κ1) is 11.6. The number of rotatable bonds is 2. The van der Waals surface area contributed by atoms with E-state index in [1.165, 1.54) is 12.1 Å². The molecule has 0 radical (unpaired) electrons. The molecule has 2 rings (SSSR count). The fraction of sp³-hybridized carbons (Fsp3) is 0.143. The van der Waals surface area contributed by atoms with Crippen LogP contribution in [-0.4, -0.2) is 0 Å². The molecule has 94 valence electrons. The standard InChI is InChI=1S/C14H10ClF3/c15-9-10-2-1-3-12(8-10)11-4-6-13(7-5-11)14(16,17)18/h1-8H,9H2/i8D. The van der Waals surface area contributed by atoms with Crippen LogP contribution in [0.1, 0.15) is 12.5 Å². The van der Waals surface area contributed by atoms with Crippen molar-refractivity contribution in [3.8, 4) is 11.1 Å². The zero-order valence-corrected chi connectivity index (χ0v) is 10.0. The van der Waals surface area contributed by atoms with Crippen molar-refractivity contribution in [2.45, 2.75) is 12.1 Å². The molecular weight excluding hydrogens is 261 g/mol. The van der Waals surface area contributed by atoms with E-state index in [4.69, 9.17) is 13.0 Å². The Balaban J connectivity index is 2.43. The van der Waals surface area contributed by atoms with Crippen LogP contribution in [0.3, 0.4) is 0 Å². The molecule has 0 aliphatic rings. The van der Waals surface area contributed by atoms with Gasteiger partial charge in [0.2, 0.25) is 0 Å². The molecule has 2 aromatic rings. The number of hydrogen-bond acceptors (Lipinski definition) is 0. The highest BCUT2D eigenvalue weighted by Gasteiger charge is 2.29. The van der Waals surface area contributed by atoms with Gasteiger partial charge >= 0.3 is 6.18 Å². The van der Waals surface area contributed by atoms with Gasteiger partial charge in [-0.3, -0.25) is 0 Å². The minimum atomic E-state index is -4.35. The lowest BCUT2D eigenvalue weighted by molar-refractivity contribution is -0.137. The fourth-order valence-electron chi connectivity index (χ4n) is 1.60. The molecule has 0 saturated heterocycles. The molecule has 0 nitrogen and oxygen atoms in total. The van der Waals surface area contributed by atoms with Gasteiger partial charge in [-0.2, -0.15) is 13.2 Å². The van der Waals surface area contributed by atoms with E-state index in [-0.39, 0.29) is 11.9 Å². The molecule has 2 aromatic carbocycles. The molecule has 18 heavy (non-hydrogen) atoms. The van der Waals surface area contributed by atoms with Crippen LogP contribution in [0.4, 0.5) is 13.2 Å². The van der Waals surface area contributed by atoms with E-state index in [2.05, 4.69) is 0 Å². The molecule has 0 N–H and O–H groups in total. The average molecular weight is 272 g/mol. The Kier molecular flexibility index (Phi) is 3.24. The zero-order valence-electron chi connectivity index (χ0n) is 10.3. The Bertz CT molecular complexity index is 576. The largest absolute Gasteiger partial charge is 0.416 e. The summed E-state index contributed by atoms with van der Waals surface area (Å²) in [5.41, 5.74) is 1.10. The van der Waals surface area contributed by atoms with Crippen molar-refractivity contribution < 1.29 is 14.5 Å². The van der Waals surface area contributed by atoms with Gasteiger partial charge < -0.3 is 0 Å². The van der Waals surface area contributed by atoms with Crippen LogP contribution in [0, 0.1) is 0 Å². The lowest BCUT2D eigenvalue weighted by atomic mass is 10.0. The Morgan fingerprint density at radius 2 is 1.67 bits per heavy atom. The second-order valence-corrected chi connectivity index (χ2v) is 4.07. The van der Waals surface area contributed by atoms with Crippen molar-refractivity contribution >= 4 is 11.6 Å². The van der Waals surface area contributed by atoms with Gasteiger partial charge in [0.25, 0.3) is 0 Å². The Hall–Kier alpha value is -1.48. The number of hydrogen-bond donors (Lipinski definition) is 0. The van der Waals surface area contributed by atoms with E-state index in [9.17, 15) is 13.2 Å². The summed E-state index contributed by atoms with van der Waals surface area (Å²) >= 11 is 5.71. The summed E-state index contributed by atoms with van der Waals surface area (Å²) in [5.74, 6) is 0.202. The van der Waals surface area contributed by atoms with Crippen molar-refractivity contribution in [2.24, 2.45) is 0 Å². The maximum atomic E-state index is 12.5. The summed E-state index contributed by atoms with van der Waals surface area (Å²) < 4.78 is 45.4. The molecule has 4 heteroatoms. The maximum absolute atomic E-state index is 12.5. The Labute approximate surface area is 109 Å². The summed E-state index contributed by atoms with van der Waals surface area (Å²) in [6.07, 6.45) is -4.35. The van der Waals surface area contributed by atoms with E-state index in [1.807, 2.05) is 0 Å². The third kappa shape index (κ3) is 2.85. The zero-order chi connectivity index (χ0) is 14.0. The highest BCUT2D eigenvalue weighted by atomic mass is 35.5. The van der Waals surface area contributed by atoms with Crippen molar-refractivity contribution in [3.63, 3.8) is 0 Å². The lowest BCUT2D eigenvalue weighted by Gasteiger charge is -2.08. The van der Waals surface area contributed by atoms with Gasteiger partial charge in [-0.05, 0) is 34.9 Å². The van der Waals surface area contributed by atoms with Gasteiger partial charge in [0.15, 0.2) is 0 Å². The first-order valence-electron chi connectivity index (χ1n) is 5.75. The minimum Gasteiger partial charge on any atom is -0.166 e. The lowest BCUT2D eigenvalue weighted by Crippen LogP contribution is -2.03. The third-order valence-corrected chi connectivity index (χ3v) is 2.81. The minimum absolute atomic E-state index is 0.202. The fourth-order valence-corrected chi connectivity index (χ4v) is 1.76. The van der Waals surface area contributed by atoms with Gasteiger partial charge in [-0.15, -0.1) is 11.6 Å². The predicted molar refractivity (Wildman–Crippen MR) is 66.4 cm³/mol. The molecular formula is C14H10ClF3. The monoisotopic (exact) mass is 271 g/mol. The van der Waals surface area contributed by atoms with Crippen LogP contribution in [0.2, 0.25) is 0 Å². The normalized spacial score (nSPS) is 12.3. The molecule has 0 spiro atoms. The average Bonchev–Trinajstić information content (AvgIpc) is 2.38. The summed E-state index contributed by atoms with van der Waals surface area (Å²) in [4.78, 5) is 0. The van der Waals surface area contributed by atoms with E-state index in [0.717, 1.165) is 12.1 Å².